The monoisotopic (exact) mass is 556 g/mol. The van der Waals surface area contributed by atoms with Crippen LogP contribution in [0.15, 0.2) is 65.6 Å². The van der Waals surface area contributed by atoms with Gasteiger partial charge in [-0.1, -0.05) is 6.07 Å². The molecule has 4 aromatic rings. The maximum atomic E-state index is 15.2. The van der Waals surface area contributed by atoms with E-state index in [1.54, 1.807) is 31.3 Å². The first-order chi connectivity index (χ1) is 19.5. The van der Waals surface area contributed by atoms with Crippen molar-refractivity contribution in [3.8, 4) is 22.8 Å². The lowest BCUT2D eigenvalue weighted by atomic mass is 10.0. The predicted molar refractivity (Wildman–Crippen MR) is 157 cm³/mol. The van der Waals surface area contributed by atoms with Crippen molar-refractivity contribution in [2.45, 2.75) is 53.2 Å². The van der Waals surface area contributed by atoms with Crippen molar-refractivity contribution in [3.05, 3.63) is 88.8 Å². The van der Waals surface area contributed by atoms with Gasteiger partial charge in [0.25, 0.3) is 0 Å². The van der Waals surface area contributed by atoms with Crippen LogP contribution >= 0.6 is 0 Å². The zero-order valence-electron chi connectivity index (χ0n) is 23.7. The summed E-state index contributed by atoms with van der Waals surface area (Å²) in [7, 11) is 0. The predicted octanol–water partition coefficient (Wildman–Crippen LogP) is 5.06. The Morgan fingerprint density at radius 3 is 2.56 bits per heavy atom. The highest BCUT2D eigenvalue weighted by Crippen LogP contribution is 2.34. The van der Waals surface area contributed by atoms with Gasteiger partial charge < -0.3 is 20.9 Å². The summed E-state index contributed by atoms with van der Waals surface area (Å²) in [5.41, 5.74) is 9.99. The third-order valence-electron chi connectivity index (χ3n) is 6.14. The van der Waals surface area contributed by atoms with Crippen LogP contribution < -0.4 is 15.8 Å². The number of hydrogen-bond donors (Lipinski definition) is 3. The van der Waals surface area contributed by atoms with Crippen LogP contribution in [-0.4, -0.2) is 37.9 Å². The van der Waals surface area contributed by atoms with Crippen molar-refractivity contribution in [1.29, 1.82) is 0 Å². The normalized spacial score (nSPS) is 12.2. The summed E-state index contributed by atoms with van der Waals surface area (Å²) in [6, 6.07) is 12.0. The second-order valence-electron chi connectivity index (χ2n) is 10.7. The average molecular weight is 557 g/mol. The molecule has 2 aromatic heterocycles. The fraction of sp³-hybridized carbons (Fsp3) is 0.258. The van der Waals surface area contributed by atoms with Gasteiger partial charge in [-0.15, -0.1) is 5.10 Å². The number of halogens is 1. The largest absolute Gasteiger partial charge is 0.456 e. The number of amides is 1. The topological polar surface area (TPSA) is 136 Å². The number of aliphatic hydroxyl groups is 1. The lowest BCUT2D eigenvalue weighted by Gasteiger charge is -2.14. The number of carbonyl (C=O) groups excluding carboxylic acids is 1. The molecule has 0 fully saturated rings. The SMILES string of the molecule is Cc1cc(CC(=O)N/C(C=NC(C)(C)C)=C/N)c(F)cc1Oc1ccnc2ccc(-c3nnc(CO)cc3C)cc12. The van der Waals surface area contributed by atoms with Gasteiger partial charge in [-0.3, -0.25) is 14.8 Å². The van der Waals surface area contributed by atoms with Gasteiger partial charge in [-0.2, -0.15) is 5.10 Å². The van der Waals surface area contributed by atoms with Crippen LogP contribution in [0.3, 0.4) is 0 Å². The maximum absolute atomic E-state index is 15.2. The first-order valence-electron chi connectivity index (χ1n) is 13.0. The molecule has 10 heteroatoms. The number of fused-ring (bicyclic) bond motifs is 1. The van der Waals surface area contributed by atoms with Crippen molar-refractivity contribution >= 4 is 23.0 Å². The summed E-state index contributed by atoms with van der Waals surface area (Å²) in [5.74, 6) is -0.200. The molecule has 41 heavy (non-hydrogen) atoms. The molecule has 0 saturated heterocycles. The number of aryl methyl sites for hydroxylation is 2. The molecule has 0 aliphatic heterocycles. The fourth-order valence-corrected chi connectivity index (χ4v) is 4.11. The summed E-state index contributed by atoms with van der Waals surface area (Å²) in [4.78, 5) is 21.4. The Bertz CT molecular complexity index is 1660. The second kappa shape index (κ2) is 12.2. The first-order valence-corrected chi connectivity index (χ1v) is 13.0. The quantitative estimate of drug-likeness (QED) is 0.258. The lowest BCUT2D eigenvalue weighted by molar-refractivity contribution is -0.119. The molecule has 4 N–H and O–H groups in total. The van der Waals surface area contributed by atoms with Crippen LogP contribution in [0.4, 0.5) is 4.39 Å². The van der Waals surface area contributed by atoms with Crippen molar-refractivity contribution in [2.75, 3.05) is 0 Å². The van der Waals surface area contributed by atoms with Crippen LogP contribution in [0.2, 0.25) is 0 Å². The first kappa shape index (κ1) is 29.3. The van der Waals surface area contributed by atoms with Gasteiger partial charge in [0.2, 0.25) is 5.91 Å². The molecule has 0 radical (unpaired) electrons. The van der Waals surface area contributed by atoms with Crippen LogP contribution in [0.1, 0.15) is 43.2 Å². The molecular formula is C31H33FN6O3. The van der Waals surface area contributed by atoms with E-state index in [-0.39, 0.29) is 24.1 Å². The molecule has 0 atom stereocenters. The molecule has 4 rings (SSSR count). The lowest BCUT2D eigenvalue weighted by Crippen LogP contribution is -2.27. The number of benzene rings is 2. The third-order valence-corrected chi connectivity index (χ3v) is 6.14. The fourth-order valence-electron chi connectivity index (χ4n) is 4.11. The van der Waals surface area contributed by atoms with Crippen LogP contribution in [-0.2, 0) is 17.8 Å². The number of aromatic nitrogens is 3. The van der Waals surface area contributed by atoms with Crippen LogP contribution in [0.5, 0.6) is 11.5 Å². The Morgan fingerprint density at radius 2 is 1.88 bits per heavy atom. The van der Waals surface area contributed by atoms with Crippen molar-refractivity contribution in [2.24, 2.45) is 10.7 Å². The zero-order chi connectivity index (χ0) is 29.7. The standard InChI is InChI=1S/C31H33FN6O3/c1-18-10-21(13-29(40)36-23(15-33)16-35-31(3,4)5)25(32)14-28(18)41-27-8-9-34-26-7-6-20(12-24(26)27)30-19(2)11-22(17-39)37-38-30/h6-12,14-16,39H,13,17,33H2,1-5H3,(H,36,40)/b23-15+,35-16?. The van der Waals surface area contributed by atoms with Crippen molar-refractivity contribution in [1.82, 2.24) is 20.5 Å². The van der Waals surface area contributed by atoms with Gasteiger partial charge in [-0.25, -0.2) is 4.39 Å². The van der Waals surface area contributed by atoms with Gasteiger partial charge in [-0.05, 0) is 81.6 Å². The third kappa shape index (κ3) is 7.29. The van der Waals surface area contributed by atoms with Crippen molar-refractivity contribution < 1.29 is 19.0 Å². The van der Waals surface area contributed by atoms with Gasteiger partial charge in [0.05, 0.1) is 41.2 Å². The minimum absolute atomic E-state index is 0.189. The van der Waals surface area contributed by atoms with E-state index in [4.69, 9.17) is 10.5 Å². The minimum Gasteiger partial charge on any atom is -0.456 e. The van der Waals surface area contributed by atoms with E-state index in [2.05, 4.69) is 25.5 Å². The summed E-state index contributed by atoms with van der Waals surface area (Å²) in [6.45, 7) is 9.25. The molecule has 0 bridgehead atoms. The smallest absolute Gasteiger partial charge is 0.228 e. The second-order valence-corrected chi connectivity index (χ2v) is 10.7. The number of rotatable bonds is 8. The molecule has 0 aliphatic carbocycles. The molecule has 1 amide bonds. The Labute approximate surface area is 238 Å². The van der Waals surface area contributed by atoms with Gasteiger partial charge in [0.15, 0.2) is 0 Å². The summed E-state index contributed by atoms with van der Waals surface area (Å²) in [6.07, 6.45) is 4.16. The molecule has 0 spiro atoms. The Kier molecular flexibility index (Phi) is 8.73. The van der Waals surface area contributed by atoms with E-state index in [0.717, 1.165) is 11.1 Å². The van der Waals surface area contributed by atoms with Gasteiger partial charge >= 0.3 is 0 Å². The Morgan fingerprint density at radius 1 is 1.10 bits per heavy atom. The minimum atomic E-state index is -0.573. The molecule has 0 aliphatic rings. The van der Waals surface area contributed by atoms with Gasteiger partial charge in [0.1, 0.15) is 17.3 Å². The number of allylic oxidation sites excluding steroid dienone is 1. The average Bonchev–Trinajstić information content (AvgIpc) is 2.93. The summed E-state index contributed by atoms with van der Waals surface area (Å²) in [5, 5.41) is 21.0. The number of nitrogens with zero attached hydrogens (tertiary/aromatic N) is 4. The van der Waals surface area contributed by atoms with E-state index in [1.165, 1.54) is 18.5 Å². The highest BCUT2D eigenvalue weighted by molar-refractivity contribution is 5.90. The van der Waals surface area contributed by atoms with Gasteiger partial charge in [0, 0.05) is 35.6 Å². The molecule has 9 nitrogen and oxygen atoms in total. The summed E-state index contributed by atoms with van der Waals surface area (Å²) >= 11 is 0. The van der Waals surface area contributed by atoms with Crippen LogP contribution in [0, 0.1) is 19.7 Å². The van der Waals surface area contributed by atoms with E-state index < -0.39 is 11.7 Å². The van der Waals surface area contributed by atoms with E-state index >= 15 is 4.39 Å². The number of aliphatic hydroxyl groups excluding tert-OH is 1. The number of hydrogen-bond acceptors (Lipinski definition) is 8. The Balaban J connectivity index is 1.57. The summed E-state index contributed by atoms with van der Waals surface area (Å²) < 4.78 is 21.3. The molecule has 2 heterocycles. The highest BCUT2D eigenvalue weighted by atomic mass is 19.1. The number of nitrogens with two attached hydrogens (primary N) is 1. The van der Waals surface area contributed by atoms with E-state index in [9.17, 15) is 9.90 Å². The number of carbonyl (C=O) groups is 1. The number of ether oxygens (including phenoxy) is 1. The zero-order valence-corrected chi connectivity index (χ0v) is 23.7. The highest BCUT2D eigenvalue weighted by Gasteiger charge is 2.16. The number of pyridine rings is 1. The molecular weight excluding hydrogens is 523 g/mol. The molecule has 0 saturated carbocycles. The molecule has 2 aromatic carbocycles. The molecule has 0 unspecified atom stereocenters. The van der Waals surface area contributed by atoms with E-state index in [0.29, 0.717) is 45.1 Å². The number of aliphatic imine (C=N–C) groups is 1. The van der Waals surface area contributed by atoms with Crippen molar-refractivity contribution in [3.63, 3.8) is 0 Å². The maximum Gasteiger partial charge on any atom is 0.228 e. The van der Waals surface area contributed by atoms with Crippen LogP contribution in [0.25, 0.3) is 22.2 Å². The Hall–Kier alpha value is -4.70. The van der Waals surface area contributed by atoms with E-state index in [1.807, 2.05) is 45.9 Å². The number of nitrogens with one attached hydrogen (secondary N) is 1. The molecule has 212 valence electrons.